The number of hydrogen-bond donors (Lipinski definition) is 0. The second-order valence-electron chi connectivity index (χ2n) is 19.3. The SMILES string of the molecule is c1ccc(-c2ccc(-c3c4ccccc4c(-c4ccc5c(c4)sc4c(-c6c7ccccc7c(-c7ccc(-c8ccccc8)c8ccccc78)c7ccccc67)cccc45)c4ccccc34)c3ccccc23)cc1. The summed E-state index contributed by atoms with van der Waals surface area (Å²) in [6.07, 6.45) is 0. The van der Waals surface area contributed by atoms with Gasteiger partial charge in [-0.15, -0.1) is 11.3 Å². The van der Waals surface area contributed by atoms with Crippen LogP contribution in [0.1, 0.15) is 0 Å². The fraction of sp³-hybridized carbons (Fsp3) is 0. The summed E-state index contributed by atoms with van der Waals surface area (Å²) in [5, 5.41) is 17.7. The van der Waals surface area contributed by atoms with Crippen LogP contribution in [0.3, 0.4) is 0 Å². The first kappa shape index (κ1) is 41.6. The van der Waals surface area contributed by atoms with Gasteiger partial charge in [-0.05, 0) is 132 Å². The molecule has 1 heteroatoms. The Morgan fingerprint density at radius 1 is 0.178 bits per heavy atom. The molecule has 0 atom stereocenters. The Labute approximate surface area is 427 Å². The molecule has 0 radical (unpaired) electrons. The van der Waals surface area contributed by atoms with Crippen LogP contribution in [0.2, 0.25) is 0 Å². The highest BCUT2D eigenvalue weighted by molar-refractivity contribution is 7.26. The zero-order valence-electron chi connectivity index (χ0n) is 39.8. The Morgan fingerprint density at radius 3 is 0.932 bits per heavy atom. The number of benzene rings is 14. The van der Waals surface area contributed by atoms with Gasteiger partial charge in [0, 0.05) is 25.7 Å². The summed E-state index contributed by atoms with van der Waals surface area (Å²) in [5.74, 6) is 0. The van der Waals surface area contributed by atoms with E-state index in [9.17, 15) is 0 Å². The van der Waals surface area contributed by atoms with E-state index in [4.69, 9.17) is 0 Å². The maximum absolute atomic E-state index is 2.46. The Hall–Kier alpha value is -9.14. The molecule has 15 rings (SSSR count). The second kappa shape index (κ2) is 16.7. The molecule has 0 nitrogen and oxygen atoms in total. The van der Waals surface area contributed by atoms with Gasteiger partial charge in [0.15, 0.2) is 0 Å². The number of hydrogen-bond acceptors (Lipinski definition) is 1. The van der Waals surface area contributed by atoms with Crippen molar-refractivity contribution < 1.29 is 0 Å². The highest BCUT2D eigenvalue weighted by Crippen LogP contribution is 2.51. The first-order valence-electron chi connectivity index (χ1n) is 25.2. The van der Waals surface area contributed by atoms with Gasteiger partial charge in [0.1, 0.15) is 0 Å². The number of fused-ring (bicyclic) bond motifs is 9. The molecule has 0 spiro atoms. The molecular weight excluding hydrogens is 897 g/mol. The van der Waals surface area contributed by atoms with Crippen LogP contribution < -0.4 is 0 Å². The Balaban J connectivity index is 0.926. The lowest BCUT2D eigenvalue weighted by Gasteiger charge is -2.20. The van der Waals surface area contributed by atoms with Crippen molar-refractivity contribution in [2.24, 2.45) is 0 Å². The third kappa shape index (κ3) is 6.46. The van der Waals surface area contributed by atoms with E-state index in [0.717, 1.165) is 0 Å². The average Bonchev–Trinajstić information content (AvgIpc) is 3.84. The molecule has 15 aromatic rings. The van der Waals surface area contributed by atoms with Crippen LogP contribution >= 0.6 is 11.3 Å². The molecular formula is C72H44S. The molecule has 0 saturated heterocycles. The average molecular weight is 941 g/mol. The molecule has 0 aliphatic carbocycles. The smallest absolute Gasteiger partial charge is 0.0434 e. The van der Waals surface area contributed by atoms with Crippen molar-refractivity contribution in [2.45, 2.75) is 0 Å². The highest BCUT2D eigenvalue weighted by Gasteiger charge is 2.23. The van der Waals surface area contributed by atoms with Gasteiger partial charge in [0.25, 0.3) is 0 Å². The largest absolute Gasteiger partial charge is 0.135 e. The van der Waals surface area contributed by atoms with Gasteiger partial charge in [0.05, 0.1) is 0 Å². The highest BCUT2D eigenvalue weighted by atomic mass is 32.1. The molecule has 1 heterocycles. The fourth-order valence-corrected chi connectivity index (χ4v) is 13.6. The van der Waals surface area contributed by atoms with Crippen LogP contribution in [0.4, 0.5) is 0 Å². The van der Waals surface area contributed by atoms with E-state index >= 15 is 0 Å². The molecule has 338 valence electrons. The minimum Gasteiger partial charge on any atom is -0.135 e. The molecule has 0 aliphatic heterocycles. The summed E-state index contributed by atoms with van der Waals surface area (Å²) >= 11 is 1.92. The first-order valence-corrected chi connectivity index (χ1v) is 26.1. The molecule has 73 heavy (non-hydrogen) atoms. The molecule has 0 N–H and O–H groups in total. The Bertz CT molecular complexity index is 4600. The fourth-order valence-electron chi connectivity index (χ4n) is 12.4. The summed E-state index contributed by atoms with van der Waals surface area (Å²) < 4.78 is 2.60. The Kier molecular flexibility index (Phi) is 9.55. The van der Waals surface area contributed by atoms with Crippen LogP contribution in [0.25, 0.3) is 152 Å². The van der Waals surface area contributed by atoms with Crippen LogP contribution in [0.5, 0.6) is 0 Å². The maximum Gasteiger partial charge on any atom is 0.0434 e. The van der Waals surface area contributed by atoms with Gasteiger partial charge in [-0.1, -0.05) is 261 Å². The van der Waals surface area contributed by atoms with Crippen molar-refractivity contribution in [3.05, 3.63) is 267 Å². The summed E-state index contributed by atoms with van der Waals surface area (Å²) in [5.41, 5.74) is 15.1. The quantitative estimate of drug-likeness (QED) is 0.146. The minimum absolute atomic E-state index is 1.23. The molecule has 0 fully saturated rings. The normalized spacial score (nSPS) is 11.8. The molecule has 0 unspecified atom stereocenters. The van der Waals surface area contributed by atoms with E-state index in [2.05, 4.69) is 267 Å². The predicted molar refractivity (Wildman–Crippen MR) is 317 cm³/mol. The van der Waals surface area contributed by atoms with Crippen molar-refractivity contribution in [1.82, 2.24) is 0 Å². The van der Waals surface area contributed by atoms with E-state index in [1.165, 1.54) is 152 Å². The molecule has 0 bridgehead atoms. The van der Waals surface area contributed by atoms with E-state index in [-0.39, 0.29) is 0 Å². The topological polar surface area (TPSA) is 0 Å². The van der Waals surface area contributed by atoms with Crippen LogP contribution in [0, 0.1) is 0 Å². The van der Waals surface area contributed by atoms with E-state index in [1.54, 1.807) is 0 Å². The van der Waals surface area contributed by atoms with Gasteiger partial charge < -0.3 is 0 Å². The minimum atomic E-state index is 1.23. The van der Waals surface area contributed by atoms with Crippen molar-refractivity contribution in [3.63, 3.8) is 0 Å². The maximum atomic E-state index is 2.46. The zero-order valence-corrected chi connectivity index (χ0v) is 40.6. The summed E-state index contributed by atoms with van der Waals surface area (Å²) in [4.78, 5) is 0. The summed E-state index contributed by atoms with van der Waals surface area (Å²) in [7, 11) is 0. The molecule has 1 aromatic heterocycles. The van der Waals surface area contributed by atoms with Crippen LogP contribution in [-0.2, 0) is 0 Å². The van der Waals surface area contributed by atoms with Gasteiger partial charge in [-0.2, -0.15) is 0 Å². The summed E-state index contributed by atoms with van der Waals surface area (Å²) in [6, 6.07) is 99.2. The third-order valence-corrected chi connectivity index (χ3v) is 16.7. The predicted octanol–water partition coefficient (Wildman–Crippen LogP) is 21.0. The molecule has 0 saturated carbocycles. The van der Waals surface area contributed by atoms with E-state index in [1.807, 2.05) is 11.3 Å². The van der Waals surface area contributed by atoms with Gasteiger partial charge >= 0.3 is 0 Å². The molecule has 0 amide bonds. The Morgan fingerprint density at radius 2 is 0.507 bits per heavy atom. The van der Waals surface area contributed by atoms with Gasteiger partial charge in [0.2, 0.25) is 0 Å². The van der Waals surface area contributed by atoms with Crippen molar-refractivity contribution in [2.75, 3.05) is 0 Å². The van der Waals surface area contributed by atoms with Crippen molar-refractivity contribution in [1.29, 1.82) is 0 Å². The van der Waals surface area contributed by atoms with E-state index in [0.29, 0.717) is 0 Å². The van der Waals surface area contributed by atoms with Crippen LogP contribution in [-0.4, -0.2) is 0 Å². The van der Waals surface area contributed by atoms with Gasteiger partial charge in [-0.3, -0.25) is 0 Å². The molecule has 0 aliphatic rings. The lowest BCUT2D eigenvalue weighted by molar-refractivity contribution is 1.64. The number of rotatable bonds is 6. The summed E-state index contributed by atoms with van der Waals surface area (Å²) in [6.45, 7) is 0. The zero-order chi connectivity index (χ0) is 48.0. The first-order chi connectivity index (χ1) is 36.3. The molecule has 14 aromatic carbocycles. The van der Waals surface area contributed by atoms with Crippen LogP contribution in [0.15, 0.2) is 267 Å². The van der Waals surface area contributed by atoms with Crippen molar-refractivity contribution in [3.8, 4) is 66.8 Å². The lowest BCUT2D eigenvalue weighted by Crippen LogP contribution is -1.92. The van der Waals surface area contributed by atoms with E-state index < -0.39 is 0 Å². The lowest BCUT2D eigenvalue weighted by atomic mass is 9.83. The second-order valence-corrected chi connectivity index (χ2v) is 20.4. The third-order valence-electron chi connectivity index (χ3n) is 15.5. The standard InChI is InChI=1S/C72H44S/c1-3-20-45(21-4-1)48-40-42-63(52-26-9-7-24-50(48)52)69-57-30-13-11-28-55(57)68(56-29-12-14-31-58(56)69)47-38-39-54-65-36-19-37-66(72(65)73-67(54)44-47)71-61-34-17-15-32-59(61)70(60-33-16-18-35-62(60)71)64-43-41-49(46-22-5-2-6-23-46)51-25-8-10-27-53(51)64/h1-44H. The van der Waals surface area contributed by atoms with Crippen molar-refractivity contribution >= 4 is 96.1 Å². The van der Waals surface area contributed by atoms with Gasteiger partial charge in [-0.25, -0.2) is 0 Å². The monoisotopic (exact) mass is 940 g/mol. The number of thiophene rings is 1.